The molecule has 98 valence electrons. The second-order valence-electron chi connectivity index (χ2n) is 4.74. The normalized spacial score (nSPS) is 12.3. The maximum absolute atomic E-state index is 4.86. The molecule has 1 nitrogen and oxygen atoms in total. The van der Waals surface area contributed by atoms with E-state index in [2.05, 4.69) is 74.3 Å². The summed E-state index contributed by atoms with van der Waals surface area (Å²) in [6.07, 6.45) is 0.986. The second kappa shape index (κ2) is 4.79. The summed E-state index contributed by atoms with van der Waals surface area (Å²) in [4.78, 5) is 6.22. The third-order valence-corrected chi connectivity index (χ3v) is 5.88. The summed E-state index contributed by atoms with van der Waals surface area (Å²) in [6, 6.07) is 14.7. The van der Waals surface area contributed by atoms with Gasteiger partial charge in [-0.15, -0.1) is 11.3 Å². The van der Waals surface area contributed by atoms with Crippen LogP contribution in [0.15, 0.2) is 51.4 Å². The molecule has 0 unspecified atom stereocenters. The summed E-state index contributed by atoms with van der Waals surface area (Å²) >= 11 is 8.90. The summed E-state index contributed by atoms with van der Waals surface area (Å²) in [5, 5.41) is 1.10. The van der Waals surface area contributed by atoms with Crippen LogP contribution in [0.5, 0.6) is 0 Å². The van der Waals surface area contributed by atoms with Gasteiger partial charge in [0.25, 0.3) is 0 Å². The van der Waals surface area contributed by atoms with Gasteiger partial charge in [0.1, 0.15) is 5.01 Å². The van der Waals surface area contributed by atoms with E-state index >= 15 is 0 Å². The molecule has 0 saturated carbocycles. The smallest absolute Gasteiger partial charge is 0.124 e. The van der Waals surface area contributed by atoms with Crippen molar-refractivity contribution < 1.29 is 0 Å². The molecule has 4 rings (SSSR count). The number of nitrogens with zero attached hydrogens (tertiary/aromatic N) is 1. The van der Waals surface area contributed by atoms with Crippen molar-refractivity contribution in [1.82, 2.24) is 4.98 Å². The summed E-state index contributed by atoms with van der Waals surface area (Å²) < 4.78 is 2.28. The van der Waals surface area contributed by atoms with E-state index in [1.54, 1.807) is 11.3 Å². The molecule has 0 amide bonds. The van der Waals surface area contributed by atoms with Crippen molar-refractivity contribution in [2.24, 2.45) is 0 Å². The Morgan fingerprint density at radius 3 is 2.60 bits per heavy atom. The van der Waals surface area contributed by atoms with Gasteiger partial charge in [0.2, 0.25) is 0 Å². The molecule has 0 N–H and O–H groups in total. The Kier molecular flexibility index (Phi) is 3.05. The van der Waals surface area contributed by atoms with Gasteiger partial charge < -0.3 is 0 Å². The number of fused-ring (bicyclic) bond motifs is 3. The molecule has 1 aliphatic carbocycles. The highest BCUT2D eigenvalue weighted by atomic mass is 79.9. The van der Waals surface area contributed by atoms with Gasteiger partial charge in [-0.1, -0.05) is 56.1 Å². The Morgan fingerprint density at radius 2 is 1.80 bits per heavy atom. The number of thiazole rings is 1. The molecule has 0 atom stereocenters. The predicted molar refractivity (Wildman–Crippen MR) is 91.2 cm³/mol. The zero-order valence-corrected chi connectivity index (χ0v) is 14.3. The van der Waals surface area contributed by atoms with Crippen LogP contribution in [0.25, 0.3) is 21.8 Å². The van der Waals surface area contributed by atoms with Crippen LogP contribution in [0.3, 0.4) is 0 Å². The van der Waals surface area contributed by atoms with Gasteiger partial charge in [0.05, 0.1) is 5.69 Å². The lowest BCUT2D eigenvalue weighted by molar-refractivity contribution is 1.29. The predicted octanol–water partition coefficient (Wildman–Crippen LogP) is 5.91. The molecule has 0 bridgehead atoms. The fourth-order valence-electron chi connectivity index (χ4n) is 2.52. The van der Waals surface area contributed by atoms with E-state index in [9.17, 15) is 0 Å². The van der Waals surface area contributed by atoms with Gasteiger partial charge in [-0.2, -0.15) is 0 Å². The van der Waals surface area contributed by atoms with Crippen molar-refractivity contribution >= 4 is 43.2 Å². The lowest BCUT2D eigenvalue weighted by Crippen LogP contribution is -1.83. The minimum atomic E-state index is 0.986. The van der Waals surface area contributed by atoms with Crippen molar-refractivity contribution in [1.29, 1.82) is 0 Å². The van der Waals surface area contributed by atoms with E-state index in [1.165, 1.54) is 26.0 Å². The molecule has 1 heterocycles. The van der Waals surface area contributed by atoms with E-state index in [1.807, 2.05) is 0 Å². The summed E-state index contributed by atoms with van der Waals surface area (Å²) in [6.45, 7) is 0. The SMILES string of the molecule is Brc1ccc(-c2nc3c(s2)Cc2c(Br)cccc2-3)cc1. The molecule has 20 heavy (non-hydrogen) atoms. The largest absolute Gasteiger partial charge is 0.236 e. The highest BCUT2D eigenvalue weighted by Crippen LogP contribution is 2.44. The van der Waals surface area contributed by atoms with Crippen LogP contribution in [0.1, 0.15) is 10.4 Å². The average Bonchev–Trinajstić information content (AvgIpc) is 2.99. The van der Waals surface area contributed by atoms with Crippen molar-refractivity contribution in [3.8, 4) is 21.8 Å². The number of halogens is 2. The number of hydrogen-bond donors (Lipinski definition) is 0. The van der Waals surface area contributed by atoms with E-state index in [0.29, 0.717) is 0 Å². The fraction of sp³-hybridized carbons (Fsp3) is 0.0625. The molecule has 0 radical (unpaired) electrons. The molecule has 4 heteroatoms. The van der Waals surface area contributed by atoms with Gasteiger partial charge in [0.15, 0.2) is 0 Å². The Bertz CT molecular complexity index is 806. The van der Waals surface area contributed by atoms with Crippen LogP contribution in [-0.2, 0) is 6.42 Å². The van der Waals surface area contributed by atoms with Crippen molar-refractivity contribution in [2.75, 3.05) is 0 Å². The van der Waals surface area contributed by atoms with Crippen molar-refractivity contribution in [3.05, 3.63) is 61.9 Å². The van der Waals surface area contributed by atoms with Gasteiger partial charge in [0, 0.05) is 31.4 Å². The topological polar surface area (TPSA) is 12.9 Å². The zero-order valence-electron chi connectivity index (χ0n) is 10.4. The molecular weight excluding hydrogens is 398 g/mol. The quantitative estimate of drug-likeness (QED) is 0.383. The van der Waals surface area contributed by atoms with Crippen LogP contribution in [0, 0.1) is 0 Å². The first-order valence-corrected chi connectivity index (χ1v) is 8.66. The number of aromatic nitrogens is 1. The lowest BCUT2D eigenvalue weighted by Gasteiger charge is -2.02. The zero-order chi connectivity index (χ0) is 13.7. The van der Waals surface area contributed by atoms with Gasteiger partial charge in [-0.3, -0.25) is 0 Å². The standard InChI is InChI=1S/C16H9Br2NS/c17-10-6-4-9(5-7-10)16-19-15-11-2-1-3-13(18)12(11)8-14(15)20-16/h1-7H,8H2. The minimum absolute atomic E-state index is 0.986. The Balaban J connectivity index is 1.83. The highest BCUT2D eigenvalue weighted by molar-refractivity contribution is 9.10. The third-order valence-electron chi connectivity index (χ3n) is 3.50. The first-order chi connectivity index (χ1) is 9.72. The monoisotopic (exact) mass is 405 g/mol. The molecule has 0 aliphatic heterocycles. The average molecular weight is 407 g/mol. The van der Waals surface area contributed by atoms with Crippen LogP contribution in [0.4, 0.5) is 0 Å². The van der Waals surface area contributed by atoms with E-state index < -0.39 is 0 Å². The molecule has 2 aromatic carbocycles. The fourth-order valence-corrected chi connectivity index (χ4v) is 4.38. The molecule has 0 fully saturated rings. The number of rotatable bonds is 1. The lowest BCUT2D eigenvalue weighted by atomic mass is 10.1. The van der Waals surface area contributed by atoms with Gasteiger partial charge in [-0.25, -0.2) is 4.98 Å². The maximum Gasteiger partial charge on any atom is 0.124 e. The summed E-state index contributed by atoms with van der Waals surface area (Å²) in [5.41, 5.74) is 4.98. The maximum atomic E-state index is 4.86. The minimum Gasteiger partial charge on any atom is -0.236 e. The Labute approximate surface area is 137 Å². The van der Waals surface area contributed by atoms with Crippen LogP contribution in [-0.4, -0.2) is 4.98 Å². The molecule has 1 aliphatic rings. The van der Waals surface area contributed by atoms with E-state index in [4.69, 9.17) is 4.98 Å². The first kappa shape index (κ1) is 12.7. The Hall–Kier alpha value is -0.970. The van der Waals surface area contributed by atoms with Crippen LogP contribution < -0.4 is 0 Å². The molecular formula is C16H9Br2NS. The highest BCUT2D eigenvalue weighted by Gasteiger charge is 2.25. The molecule has 3 aromatic rings. The van der Waals surface area contributed by atoms with E-state index in [0.717, 1.165) is 21.6 Å². The number of hydrogen-bond acceptors (Lipinski definition) is 2. The second-order valence-corrected chi connectivity index (χ2v) is 7.59. The molecule has 0 saturated heterocycles. The van der Waals surface area contributed by atoms with Gasteiger partial charge >= 0.3 is 0 Å². The summed E-state index contributed by atoms with van der Waals surface area (Å²) in [5.74, 6) is 0. The summed E-state index contributed by atoms with van der Waals surface area (Å²) in [7, 11) is 0. The van der Waals surface area contributed by atoms with Crippen LogP contribution >= 0.6 is 43.2 Å². The third kappa shape index (κ3) is 1.98. The molecule has 0 spiro atoms. The van der Waals surface area contributed by atoms with Crippen molar-refractivity contribution in [3.63, 3.8) is 0 Å². The van der Waals surface area contributed by atoms with Crippen LogP contribution in [0.2, 0.25) is 0 Å². The molecule has 1 aromatic heterocycles. The van der Waals surface area contributed by atoms with Gasteiger partial charge in [-0.05, 0) is 23.8 Å². The first-order valence-electron chi connectivity index (χ1n) is 6.26. The number of benzene rings is 2. The van der Waals surface area contributed by atoms with Crippen molar-refractivity contribution in [2.45, 2.75) is 6.42 Å². The van der Waals surface area contributed by atoms with E-state index in [-0.39, 0.29) is 0 Å². The Morgan fingerprint density at radius 1 is 1.00 bits per heavy atom.